The van der Waals surface area contributed by atoms with Gasteiger partial charge < -0.3 is 0 Å². The molecule has 1 heterocycles. The molecule has 7 aromatic rings. The van der Waals surface area contributed by atoms with Crippen molar-refractivity contribution in [3.05, 3.63) is 176 Å². The van der Waals surface area contributed by atoms with E-state index in [9.17, 15) is 0 Å². The van der Waals surface area contributed by atoms with E-state index in [1.165, 1.54) is 64.8 Å². The van der Waals surface area contributed by atoms with Crippen LogP contribution in [0.3, 0.4) is 0 Å². The average Bonchev–Trinajstić information content (AvgIpc) is 3.22. The minimum Gasteiger partial charge on any atom is -0.256 e. The second kappa shape index (κ2) is 14.3. The van der Waals surface area contributed by atoms with E-state index in [1.54, 1.807) is 0 Å². The van der Waals surface area contributed by atoms with Crippen molar-refractivity contribution in [2.24, 2.45) is 0 Å². The molecular weight excluding hydrogens is 627 g/mol. The molecule has 1 fully saturated rings. The quantitative estimate of drug-likeness (QED) is 0.149. The number of hydrogen-bond donors (Lipinski definition) is 0. The average molecular weight is 670 g/mol. The van der Waals surface area contributed by atoms with Gasteiger partial charge in [-0.05, 0) is 108 Å². The van der Waals surface area contributed by atoms with Crippen LogP contribution in [0.2, 0.25) is 0 Å². The van der Waals surface area contributed by atoms with Crippen molar-refractivity contribution in [3.8, 4) is 44.6 Å². The second-order valence-corrected chi connectivity index (χ2v) is 13.9. The van der Waals surface area contributed by atoms with Crippen LogP contribution in [0.25, 0.3) is 90.5 Å². The molecule has 0 bridgehead atoms. The van der Waals surface area contributed by atoms with Gasteiger partial charge in [-0.3, -0.25) is 4.98 Å². The van der Waals surface area contributed by atoms with Gasteiger partial charge in [-0.1, -0.05) is 173 Å². The maximum absolute atomic E-state index is 4.86. The second-order valence-electron chi connectivity index (χ2n) is 13.9. The van der Waals surface area contributed by atoms with Crippen LogP contribution >= 0.6 is 0 Å². The van der Waals surface area contributed by atoms with Gasteiger partial charge in [-0.15, -0.1) is 0 Å². The molecule has 0 unspecified atom stereocenters. The van der Waals surface area contributed by atoms with E-state index in [0.29, 0.717) is 5.92 Å². The highest BCUT2D eigenvalue weighted by Crippen LogP contribution is 2.46. The molecule has 1 aliphatic carbocycles. The monoisotopic (exact) mass is 669 g/mol. The Morgan fingerprint density at radius 3 is 1.75 bits per heavy atom. The van der Waals surface area contributed by atoms with Crippen molar-refractivity contribution in [2.75, 3.05) is 0 Å². The lowest BCUT2D eigenvalue weighted by molar-refractivity contribution is 0.443. The van der Waals surface area contributed by atoms with Crippen LogP contribution < -0.4 is 0 Å². The van der Waals surface area contributed by atoms with Crippen LogP contribution in [0.5, 0.6) is 0 Å². The maximum Gasteiger partial charge on any atom is 0.0702 e. The van der Waals surface area contributed by atoms with Gasteiger partial charge in [0.15, 0.2) is 0 Å². The summed E-state index contributed by atoms with van der Waals surface area (Å²) in [5.41, 5.74) is 14.8. The van der Waals surface area contributed by atoms with Crippen molar-refractivity contribution >= 4 is 45.8 Å². The van der Waals surface area contributed by atoms with E-state index in [1.807, 2.05) is 30.5 Å². The Balaban J connectivity index is 1.21. The third-order valence-corrected chi connectivity index (χ3v) is 11.1. The van der Waals surface area contributed by atoms with Gasteiger partial charge in [0.05, 0.1) is 5.69 Å². The molecule has 252 valence electrons. The van der Waals surface area contributed by atoms with Crippen molar-refractivity contribution < 1.29 is 0 Å². The molecule has 0 spiro atoms. The number of hydrogen-bond acceptors (Lipinski definition) is 1. The zero-order valence-electron chi connectivity index (χ0n) is 29.7. The van der Waals surface area contributed by atoms with Gasteiger partial charge in [0.25, 0.3) is 0 Å². The molecule has 1 heteroatoms. The fourth-order valence-electron chi connectivity index (χ4n) is 8.51. The first kappa shape index (κ1) is 33.1. The van der Waals surface area contributed by atoms with Crippen LogP contribution in [-0.4, -0.2) is 4.98 Å². The van der Waals surface area contributed by atoms with Crippen molar-refractivity contribution in [2.45, 2.75) is 38.0 Å². The van der Waals surface area contributed by atoms with E-state index >= 15 is 0 Å². The van der Waals surface area contributed by atoms with E-state index in [0.717, 1.165) is 61.3 Å². The summed E-state index contributed by atoms with van der Waals surface area (Å²) in [6.07, 6.45) is 16.4. The van der Waals surface area contributed by atoms with E-state index in [2.05, 4.69) is 142 Å². The third kappa shape index (κ3) is 5.83. The van der Waals surface area contributed by atoms with Crippen molar-refractivity contribution in [3.63, 3.8) is 0 Å². The van der Waals surface area contributed by atoms with Crippen LogP contribution in [0.4, 0.5) is 0 Å². The standard InChI is InChI=1S/C51H43N/c1-5-41-42(6-2)48(30-29-45(41)36-17-10-9-11-18-36)51-44(8-4)43(7-3)50(46-20-14-15-21-47(46)51)37-25-22-35(23-26-37)40-28-31-49(52-33-40)39-27-24-34-16-12-13-19-38(34)32-39/h5-8,12-16,19-33,36H,1-4,9-11,17-18H2. The topological polar surface area (TPSA) is 12.9 Å². The van der Waals surface area contributed by atoms with E-state index in [4.69, 9.17) is 4.98 Å². The Labute approximate surface area is 308 Å². The number of benzene rings is 6. The molecule has 0 aliphatic heterocycles. The lowest BCUT2D eigenvalue weighted by atomic mass is 9.77. The highest BCUT2D eigenvalue weighted by Gasteiger charge is 2.24. The summed E-state index contributed by atoms with van der Waals surface area (Å²) >= 11 is 0. The summed E-state index contributed by atoms with van der Waals surface area (Å²) in [7, 11) is 0. The number of aromatic nitrogens is 1. The first-order chi connectivity index (χ1) is 25.6. The summed E-state index contributed by atoms with van der Waals surface area (Å²) in [4.78, 5) is 4.86. The first-order valence-electron chi connectivity index (χ1n) is 18.4. The summed E-state index contributed by atoms with van der Waals surface area (Å²) in [6.45, 7) is 17.3. The number of pyridine rings is 1. The minimum atomic E-state index is 0.567. The SMILES string of the molecule is C=Cc1c(-c2c(C=C)c(C=C)c(-c3ccc(-c4ccc(-c5ccc6ccccc6c5)nc4)cc3)c3ccccc23)ccc(C2CCCCC2)c1C=C. The molecule has 8 rings (SSSR count). The van der Waals surface area contributed by atoms with Crippen molar-refractivity contribution in [1.29, 1.82) is 0 Å². The van der Waals surface area contributed by atoms with E-state index in [-0.39, 0.29) is 0 Å². The van der Waals surface area contributed by atoms with Gasteiger partial charge >= 0.3 is 0 Å². The van der Waals surface area contributed by atoms with Crippen LogP contribution in [0.15, 0.2) is 148 Å². The van der Waals surface area contributed by atoms with Gasteiger partial charge in [-0.25, -0.2) is 0 Å². The normalized spacial score (nSPS) is 13.2. The largest absolute Gasteiger partial charge is 0.256 e. The van der Waals surface area contributed by atoms with Gasteiger partial charge in [0, 0.05) is 17.3 Å². The predicted molar refractivity (Wildman–Crippen MR) is 227 cm³/mol. The number of nitrogens with zero attached hydrogens (tertiary/aromatic N) is 1. The fourth-order valence-corrected chi connectivity index (χ4v) is 8.51. The van der Waals surface area contributed by atoms with E-state index < -0.39 is 0 Å². The summed E-state index contributed by atoms with van der Waals surface area (Å²) < 4.78 is 0. The lowest BCUT2D eigenvalue weighted by Gasteiger charge is -2.27. The summed E-state index contributed by atoms with van der Waals surface area (Å²) in [5, 5.41) is 4.81. The zero-order chi connectivity index (χ0) is 35.6. The molecule has 0 N–H and O–H groups in total. The van der Waals surface area contributed by atoms with Gasteiger partial charge in [-0.2, -0.15) is 0 Å². The van der Waals surface area contributed by atoms with Gasteiger partial charge in [0.1, 0.15) is 0 Å². The predicted octanol–water partition coefficient (Wildman–Crippen LogP) is 14.7. The highest BCUT2D eigenvalue weighted by molar-refractivity contribution is 6.12. The first-order valence-corrected chi connectivity index (χ1v) is 18.4. The third-order valence-electron chi connectivity index (χ3n) is 11.1. The molecule has 1 aromatic heterocycles. The molecule has 1 saturated carbocycles. The minimum absolute atomic E-state index is 0.567. The molecule has 0 radical (unpaired) electrons. The molecule has 0 amide bonds. The Morgan fingerprint density at radius 2 is 1.08 bits per heavy atom. The number of rotatable bonds is 9. The van der Waals surface area contributed by atoms with Gasteiger partial charge in [0.2, 0.25) is 0 Å². The Bertz CT molecular complexity index is 2490. The molecule has 52 heavy (non-hydrogen) atoms. The molecule has 6 aromatic carbocycles. The Morgan fingerprint density at radius 1 is 0.481 bits per heavy atom. The molecule has 1 nitrogen and oxygen atoms in total. The summed E-state index contributed by atoms with van der Waals surface area (Å²) in [5.74, 6) is 0.567. The lowest BCUT2D eigenvalue weighted by Crippen LogP contribution is -2.08. The molecular formula is C51H43N. The fraction of sp³-hybridized carbons (Fsp3) is 0.118. The molecule has 0 saturated heterocycles. The van der Waals surface area contributed by atoms with Crippen molar-refractivity contribution in [1.82, 2.24) is 4.98 Å². The maximum atomic E-state index is 4.86. The smallest absolute Gasteiger partial charge is 0.0702 e. The Hall–Kier alpha value is -6.05. The zero-order valence-corrected chi connectivity index (χ0v) is 29.7. The molecule has 1 aliphatic rings. The summed E-state index contributed by atoms with van der Waals surface area (Å²) in [6, 6.07) is 41.4. The molecule has 0 atom stereocenters. The number of fused-ring (bicyclic) bond motifs is 2. The van der Waals surface area contributed by atoms with Crippen LogP contribution in [0, 0.1) is 0 Å². The van der Waals surface area contributed by atoms with Crippen LogP contribution in [0.1, 0.15) is 65.8 Å². The Kier molecular flexibility index (Phi) is 9.10. The van der Waals surface area contributed by atoms with Crippen LogP contribution in [-0.2, 0) is 0 Å². The highest BCUT2D eigenvalue weighted by atomic mass is 14.7.